The number of hydrogen-bond acceptors (Lipinski definition) is 5. The second-order valence-electron chi connectivity index (χ2n) is 4.90. The number of hydrogen-bond donors (Lipinski definition) is 1. The van der Waals surface area contributed by atoms with Gasteiger partial charge in [0.1, 0.15) is 11.4 Å². The first-order chi connectivity index (χ1) is 9.88. The van der Waals surface area contributed by atoms with Crippen molar-refractivity contribution in [1.29, 1.82) is 0 Å². The van der Waals surface area contributed by atoms with E-state index in [0.29, 0.717) is 11.3 Å². The molecule has 0 amide bonds. The van der Waals surface area contributed by atoms with Crippen molar-refractivity contribution in [1.82, 2.24) is 0 Å². The number of azo groups is 1. The Morgan fingerprint density at radius 2 is 1.67 bits per heavy atom. The predicted octanol–water partition coefficient (Wildman–Crippen LogP) is 4.64. The van der Waals surface area contributed by atoms with Crippen LogP contribution in [0.1, 0.15) is 16.7 Å². The van der Waals surface area contributed by atoms with E-state index in [0.717, 1.165) is 11.1 Å². The lowest BCUT2D eigenvalue weighted by Gasteiger charge is -2.04. The molecule has 0 saturated heterocycles. The molecule has 0 atom stereocenters. The van der Waals surface area contributed by atoms with E-state index in [9.17, 15) is 15.2 Å². The molecule has 2 rings (SSSR count). The van der Waals surface area contributed by atoms with Crippen molar-refractivity contribution in [2.45, 2.75) is 20.8 Å². The Labute approximate surface area is 121 Å². The zero-order valence-electron chi connectivity index (χ0n) is 12.0. The highest BCUT2D eigenvalue weighted by Crippen LogP contribution is 2.34. The van der Waals surface area contributed by atoms with Crippen LogP contribution in [-0.4, -0.2) is 10.0 Å². The quantitative estimate of drug-likeness (QED) is 0.506. The van der Waals surface area contributed by atoms with Gasteiger partial charge < -0.3 is 5.11 Å². The second kappa shape index (κ2) is 5.70. The van der Waals surface area contributed by atoms with E-state index in [1.807, 2.05) is 13.0 Å². The zero-order chi connectivity index (χ0) is 15.6. The summed E-state index contributed by atoms with van der Waals surface area (Å²) in [7, 11) is 0. The fraction of sp³-hybridized carbons (Fsp3) is 0.200. The van der Waals surface area contributed by atoms with Gasteiger partial charge in [0, 0.05) is 6.07 Å². The van der Waals surface area contributed by atoms with Gasteiger partial charge in [-0.05, 0) is 49.6 Å². The number of aromatic hydroxyl groups is 1. The van der Waals surface area contributed by atoms with E-state index < -0.39 is 4.92 Å². The first-order valence-electron chi connectivity index (χ1n) is 6.35. The highest BCUT2D eigenvalue weighted by Gasteiger charge is 2.13. The molecule has 0 aliphatic rings. The van der Waals surface area contributed by atoms with Gasteiger partial charge in [-0.1, -0.05) is 12.1 Å². The van der Waals surface area contributed by atoms with Crippen molar-refractivity contribution < 1.29 is 10.0 Å². The minimum absolute atomic E-state index is 0.0270. The van der Waals surface area contributed by atoms with Gasteiger partial charge in [-0.2, -0.15) is 0 Å². The van der Waals surface area contributed by atoms with E-state index in [1.54, 1.807) is 26.0 Å². The molecule has 0 saturated carbocycles. The summed E-state index contributed by atoms with van der Waals surface area (Å²) in [5, 5.41) is 28.8. The van der Waals surface area contributed by atoms with Crippen LogP contribution in [0.5, 0.6) is 5.75 Å². The van der Waals surface area contributed by atoms with Crippen LogP contribution in [0.3, 0.4) is 0 Å². The summed E-state index contributed by atoms with van der Waals surface area (Å²) in [6.07, 6.45) is 0. The van der Waals surface area contributed by atoms with Crippen LogP contribution in [-0.2, 0) is 0 Å². The molecule has 2 aromatic rings. The molecule has 2 aromatic carbocycles. The SMILES string of the molecule is Cc1cc(C)c(O)c(N=Nc2ccc(C)cc2[N+](=O)[O-])c1. The minimum atomic E-state index is -0.497. The highest BCUT2D eigenvalue weighted by molar-refractivity contribution is 5.60. The molecule has 21 heavy (non-hydrogen) atoms. The first kappa shape index (κ1) is 14.6. The standard InChI is InChI=1S/C15H15N3O3/c1-9-4-5-12(14(8-9)18(20)21)16-17-13-7-10(2)6-11(3)15(13)19/h4-8,19H,1-3H3. The molecule has 6 nitrogen and oxygen atoms in total. The van der Waals surface area contributed by atoms with Crippen LogP contribution >= 0.6 is 0 Å². The molecule has 0 bridgehead atoms. The topological polar surface area (TPSA) is 88.1 Å². The summed E-state index contributed by atoms with van der Waals surface area (Å²) >= 11 is 0. The number of phenols is 1. The maximum Gasteiger partial charge on any atom is 0.296 e. The van der Waals surface area contributed by atoms with Gasteiger partial charge in [-0.25, -0.2) is 0 Å². The number of phenolic OH excluding ortho intramolecular Hbond substituents is 1. The summed E-state index contributed by atoms with van der Waals surface area (Å²) in [6, 6.07) is 8.20. The third-order valence-electron chi connectivity index (χ3n) is 3.02. The monoisotopic (exact) mass is 285 g/mol. The number of benzene rings is 2. The van der Waals surface area contributed by atoms with Crippen LogP contribution in [0.25, 0.3) is 0 Å². The molecule has 0 unspecified atom stereocenters. The Bertz CT molecular complexity index is 739. The average molecular weight is 285 g/mol. The molecule has 1 N–H and O–H groups in total. The van der Waals surface area contributed by atoms with Crippen molar-refractivity contribution in [3.05, 3.63) is 57.1 Å². The first-order valence-corrected chi connectivity index (χ1v) is 6.35. The average Bonchev–Trinajstić information content (AvgIpc) is 2.42. The van der Waals surface area contributed by atoms with Crippen molar-refractivity contribution in [3.63, 3.8) is 0 Å². The molecule has 0 heterocycles. The van der Waals surface area contributed by atoms with Crippen LogP contribution < -0.4 is 0 Å². The van der Waals surface area contributed by atoms with E-state index in [2.05, 4.69) is 10.2 Å². The van der Waals surface area contributed by atoms with Crippen LogP contribution in [0, 0.1) is 30.9 Å². The van der Waals surface area contributed by atoms with Gasteiger partial charge in [0.2, 0.25) is 0 Å². The number of nitro groups is 1. The van der Waals surface area contributed by atoms with Crippen molar-refractivity contribution in [2.24, 2.45) is 10.2 Å². The summed E-state index contributed by atoms with van der Waals surface area (Å²) in [5.74, 6) is 0.0270. The smallest absolute Gasteiger partial charge is 0.296 e. The number of rotatable bonds is 3. The fourth-order valence-electron chi connectivity index (χ4n) is 1.99. The molecule has 0 aliphatic carbocycles. The Morgan fingerprint density at radius 3 is 2.33 bits per heavy atom. The van der Waals surface area contributed by atoms with Gasteiger partial charge in [0.15, 0.2) is 5.69 Å². The van der Waals surface area contributed by atoms with Gasteiger partial charge in [0.25, 0.3) is 5.69 Å². The van der Waals surface area contributed by atoms with E-state index >= 15 is 0 Å². The second-order valence-corrected chi connectivity index (χ2v) is 4.90. The lowest BCUT2D eigenvalue weighted by Crippen LogP contribution is -1.89. The fourth-order valence-corrected chi connectivity index (χ4v) is 1.99. The maximum absolute atomic E-state index is 11.0. The number of aryl methyl sites for hydroxylation is 3. The van der Waals surface area contributed by atoms with Crippen molar-refractivity contribution >= 4 is 17.1 Å². The minimum Gasteiger partial charge on any atom is -0.505 e. The molecule has 0 spiro atoms. The van der Waals surface area contributed by atoms with Crippen molar-refractivity contribution in [2.75, 3.05) is 0 Å². The molecule has 0 fully saturated rings. The Hall–Kier alpha value is -2.76. The van der Waals surface area contributed by atoms with Crippen LogP contribution in [0.2, 0.25) is 0 Å². The van der Waals surface area contributed by atoms with Crippen LogP contribution in [0.4, 0.5) is 17.1 Å². The van der Waals surface area contributed by atoms with Crippen molar-refractivity contribution in [3.8, 4) is 5.75 Å². The van der Waals surface area contributed by atoms with E-state index in [-0.39, 0.29) is 17.1 Å². The summed E-state index contributed by atoms with van der Waals surface area (Å²) in [6.45, 7) is 5.40. The highest BCUT2D eigenvalue weighted by atomic mass is 16.6. The largest absolute Gasteiger partial charge is 0.505 e. The summed E-state index contributed by atoms with van der Waals surface area (Å²) in [5.41, 5.74) is 2.73. The van der Waals surface area contributed by atoms with E-state index in [1.165, 1.54) is 12.1 Å². The van der Waals surface area contributed by atoms with E-state index in [4.69, 9.17) is 0 Å². The third kappa shape index (κ3) is 3.22. The molecule has 0 aliphatic heterocycles. The van der Waals surface area contributed by atoms with Crippen LogP contribution in [0.15, 0.2) is 40.6 Å². The molecule has 0 aromatic heterocycles. The summed E-state index contributed by atoms with van der Waals surface area (Å²) in [4.78, 5) is 10.5. The molecule has 108 valence electrons. The van der Waals surface area contributed by atoms with Gasteiger partial charge in [0.05, 0.1) is 4.92 Å². The molecular weight excluding hydrogens is 270 g/mol. The van der Waals surface area contributed by atoms with Gasteiger partial charge in [-0.3, -0.25) is 10.1 Å². The number of nitrogens with zero attached hydrogens (tertiary/aromatic N) is 3. The Balaban J connectivity index is 2.45. The third-order valence-corrected chi connectivity index (χ3v) is 3.02. The van der Waals surface area contributed by atoms with Gasteiger partial charge >= 0.3 is 0 Å². The number of nitro benzene ring substituents is 1. The lowest BCUT2D eigenvalue weighted by atomic mass is 10.1. The van der Waals surface area contributed by atoms with Gasteiger partial charge in [-0.15, -0.1) is 10.2 Å². The Morgan fingerprint density at radius 1 is 1.00 bits per heavy atom. The molecule has 0 radical (unpaired) electrons. The molecular formula is C15H15N3O3. The Kier molecular flexibility index (Phi) is 3.98. The molecule has 6 heteroatoms. The zero-order valence-corrected chi connectivity index (χ0v) is 12.0. The maximum atomic E-state index is 11.0. The predicted molar refractivity (Wildman–Crippen MR) is 79.6 cm³/mol. The normalized spacial score (nSPS) is 11.0. The lowest BCUT2D eigenvalue weighted by molar-refractivity contribution is -0.384. The summed E-state index contributed by atoms with van der Waals surface area (Å²) < 4.78 is 0.